The van der Waals surface area contributed by atoms with Crippen LogP contribution in [0.25, 0.3) is 98.4 Å². The van der Waals surface area contributed by atoms with Gasteiger partial charge in [-0.15, -0.1) is 0 Å². The van der Waals surface area contributed by atoms with Crippen LogP contribution in [0, 0.1) is 0 Å². The number of fused-ring (bicyclic) bond motifs is 13. The summed E-state index contributed by atoms with van der Waals surface area (Å²) >= 11 is 0. The lowest BCUT2D eigenvalue weighted by Gasteiger charge is -2.14. The van der Waals surface area contributed by atoms with Crippen molar-refractivity contribution in [3.8, 4) is 22.5 Å². The molecule has 2 heteroatoms. The number of hydrogen-bond donors (Lipinski definition) is 0. The van der Waals surface area contributed by atoms with Crippen LogP contribution in [0.1, 0.15) is 13.7 Å². The van der Waals surface area contributed by atoms with Crippen LogP contribution < -0.4 is 0 Å². The van der Waals surface area contributed by atoms with Crippen LogP contribution in [-0.4, -0.2) is 9.13 Å². The molecule has 0 saturated carbocycles. The Morgan fingerprint density at radius 3 is 1.54 bits per heavy atom. The van der Waals surface area contributed by atoms with Gasteiger partial charge in [0.2, 0.25) is 0 Å². The molecule has 0 atom stereocenters. The van der Waals surface area contributed by atoms with Crippen LogP contribution in [0.5, 0.6) is 0 Å². The Kier molecular flexibility index (Phi) is 4.04. The van der Waals surface area contributed by atoms with E-state index in [1.807, 2.05) is 78.9 Å². The van der Waals surface area contributed by atoms with E-state index in [0.717, 1.165) is 43.4 Å². The van der Waals surface area contributed by atoms with Crippen molar-refractivity contribution in [3.05, 3.63) is 182 Å². The van der Waals surface area contributed by atoms with E-state index in [4.69, 9.17) is 6.85 Å². The van der Waals surface area contributed by atoms with Gasteiger partial charge < -0.3 is 9.13 Å². The van der Waals surface area contributed by atoms with E-state index < -0.39 is 12.1 Å². The summed E-state index contributed by atoms with van der Waals surface area (Å²) in [4.78, 5) is 0. The summed E-state index contributed by atoms with van der Waals surface area (Å²) in [7, 11) is 0. The molecule has 50 heavy (non-hydrogen) atoms. The van der Waals surface area contributed by atoms with E-state index in [0.29, 0.717) is 33.6 Å². The largest absolute Gasteiger partial charge is 0.309 e. The minimum absolute atomic E-state index is 0.138. The second-order valence-corrected chi connectivity index (χ2v) is 12.5. The molecule has 2 aromatic heterocycles. The number of benzene rings is 9. The standard InChI is InChI=1S/C48H30N2/c1-2-12-31(13-3-1)32-22-24-33(25-23-32)49-43-20-10-8-18-40(43)47-45(49)28-29-46-48(47)41-19-9-11-21-44(41)50(46)34-26-27-39-37-16-5-4-14-35(37)36-15-6-7-17-38(36)42(39)30-34/h1-30H/i1D,8D,9D,10D,11D,19D,20D,21D,28D,29D. The maximum atomic E-state index is 9.80. The van der Waals surface area contributed by atoms with Crippen molar-refractivity contribution in [1.29, 1.82) is 0 Å². The van der Waals surface area contributed by atoms with Crippen LogP contribution in [0.4, 0.5) is 0 Å². The summed E-state index contributed by atoms with van der Waals surface area (Å²) in [6.07, 6.45) is 0. The predicted molar refractivity (Wildman–Crippen MR) is 213 cm³/mol. The van der Waals surface area contributed by atoms with Gasteiger partial charge in [-0.25, -0.2) is 0 Å². The smallest absolute Gasteiger partial charge is 0.0646 e. The Bertz CT molecular complexity index is 3660. The fourth-order valence-corrected chi connectivity index (χ4v) is 7.84. The average molecular weight is 645 g/mol. The van der Waals surface area contributed by atoms with Crippen molar-refractivity contribution in [2.75, 3.05) is 0 Å². The number of nitrogens with zero attached hydrogens (tertiary/aromatic N) is 2. The third-order valence-corrected chi connectivity index (χ3v) is 9.99. The van der Waals surface area contributed by atoms with Gasteiger partial charge in [-0.05, 0) is 91.9 Å². The summed E-state index contributed by atoms with van der Waals surface area (Å²) in [6, 6.07) is 35.8. The molecule has 9 aromatic carbocycles. The molecular weight excluding hydrogens is 605 g/mol. The maximum Gasteiger partial charge on any atom is 0.0646 e. The van der Waals surface area contributed by atoms with Gasteiger partial charge in [0.15, 0.2) is 0 Å². The number of aromatic nitrogens is 2. The van der Waals surface area contributed by atoms with Crippen molar-refractivity contribution >= 4 is 75.9 Å². The highest BCUT2D eigenvalue weighted by atomic mass is 15.0. The minimum Gasteiger partial charge on any atom is -0.309 e. The van der Waals surface area contributed by atoms with E-state index in [1.165, 1.54) is 6.07 Å². The fourth-order valence-electron chi connectivity index (χ4n) is 7.84. The van der Waals surface area contributed by atoms with E-state index in [-0.39, 0.29) is 69.7 Å². The maximum absolute atomic E-state index is 9.80. The molecule has 0 N–H and O–H groups in total. The van der Waals surface area contributed by atoms with Gasteiger partial charge in [0.25, 0.3) is 0 Å². The molecule has 11 rings (SSSR count). The molecule has 0 saturated heterocycles. The van der Waals surface area contributed by atoms with E-state index in [9.17, 15) is 6.85 Å². The Hall–Kier alpha value is -6.64. The molecule has 0 aliphatic heterocycles. The molecule has 2 nitrogen and oxygen atoms in total. The third-order valence-electron chi connectivity index (χ3n) is 9.99. The molecule has 0 unspecified atom stereocenters. The highest BCUT2D eigenvalue weighted by Gasteiger charge is 2.21. The number of para-hydroxylation sites is 2. The van der Waals surface area contributed by atoms with E-state index >= 15 is 0 Å². The van der Waals surface area contributed by atoms with Gasteiger partial charge in [0.05, 0.1) is 35.8 Å². The molecule has 0 bridgehead atoms. The van der Waals surface area contributed by atoms with Gasteiger partial charge in [0.1, 0.15) is 0 Å². The summed E-state index contributed by atoms with van der Waals surface area (Å²) in [5.74, 6) is 0. The summed E-state index contributed by atoms with van der Waals surface area (Å²) in [6.45, 7) is 0. The van der Waals surface area contributed by atoms with Gasteiger partial charge in [-0.1, -0.05) is 133 Å². The lowest BCUT2D eigenvalue weighted by Crippen LogP contribution is -1.95. The van der Waals surface area contributed by atoms with Gasteiger partial charge in [-0.3, -0.25) is 0 Å². The van der Waals surface area contributed by atoms with Crippen molar-refractivity contribution in [3.63, 3.8) is 0 Å². The Morgan fingerprint density at radius 1 is 0.320 bits per heavy atom. The molecule has 0 fully saturated rings. The molecule has 11 aromatic rings. The summed E-state index contributed by atoms with van der Waals surface area (Å²) in [5, 5.41) is 7.24. The first-order valence-corrected chi connectivity index (χ1v) is 16.5. The SMILES string of the molecule is [2H]c1ccc(-c2ccc(-n3c4c([2H])c([2H])c([2H])cc4c4c5c6c([2H])c([2H])c([2H])c([2H])c6n(-c6ccc7c8ccccc8c8ccccc8c7c6)c5c([2H])c([2H])c43)cc2)cc1. The predicted octanol–water partition coefficient (Wildman–Crippen LogP) is 13.0. The molecule has 0 amide bonds. The lowest BCUT2D eigenvalue weighted by molar-refractivity contribution is 1.17. The molecule has 0 aliphatic carbocycles. The fraction of sp³-hybridized carbons (Fsp3) is 0. The van der Waals surface area contributed by atoms with Crippen LogP contribution >= 0.6 is 0 Å². The zero-order chi connectivity index (χ0) is 41.5. The van der Waals surface area contributed by atoms with Gasteiger partial charge in [0, 0.05) is 32.9 Å². The molecular formula is C48H30N2. The molecule has 232 valence electrons. The van der Waals surface area contributed by atoms with E-state index in [1.54, 1.807) is 21.3 Å². The van der Waals surface area contributed by atoms with Crippen LogP contribution in [0.15, 0.2) is 182 Å². The van der Waals surface area contributed by atoms with Crippen molar-refractivity contribution in [2.45, 2.75) is 0 Å². The zero-order valence-corrected chi connectivity index (χ0v) is 26.4. The van der Waals surface area contributed by atoms with Crippen LogP contribution in [-0.2, 0) is 0 Å². The van der Waals surface area contributed by atoms with Crippen molar-refractivity contribution < 1.29 is 13.7 Å². The Morgan fingerprint density at radius 2 is 0.840 bits per heavy atom. The van der Waals surface area contributed by atoms with Gasteiger partial charge in [-0.2, -0.15) is 0 Å². The lowest BCUT2D eigenvalue weighted by atomic mass is 9.94. The second kappa shape index (κ2) is 10.4. The highest BCUT2D eigenvalue weighted by Crippen LogP contribution is 2.43. The first-order valence-electron chi connectivity index (χ1n) is 21.5. The Labute approximate surface area is 302 Å². The normalized spacial score (nSPS) is 14.8. The average Bonchev–Trinajstić information content (AvgIpc) is 3.80. The number of hydrogen-bond acceptors (Lipinski definition) is 0. The summed E-state index contributed by atoms with van der Waals surface area (Å²) < 4.78 is 94.0. The third kappa shape index (κ3) is 3.79. The summed E-state index contributed by atoms with van der Waals surface area (Å²) in [5.41, 5.74) is 3.62. The Balaban J connectivity index is 1.32. The molecule has 0 spiro atoms. The second-order valence-electron chi connectivity index (χ2n) is 12.5. The molecule has 0 radical (unpaired) electrons. The minimum atomic E-state index is -0.453. The first-order chi connectivity index (χ1) is 29.0. The van der Waals surface area contributed by atoms with Crippen molar-refractivity contribution in [2.24, 2.45) is 0 Å². The first kappa shape index (κ1) is 19.4. The van der Waals surface area contributed by atoms with Crippen LogP contribution in [0.2, 0.25) is 0 Å². The zero-order valence-electron chi connectivity index (χ0n) is 36.4. The van der Waals surface area contributed by atoms with Crippen molar-refractivity contribution in [1.82, 2.24) is 9.13 Å². The number of rotatable bonds is 3. The van der Waals surface area contributed by atoms with E-state index in [2.05, 4.69) is 24.3 Å². The topological polar surface area (TPSA) is 9.86 Å². The quantitative estimate of drug-likeness (QED) is 0.169. The van der Waals surface area contributed by atoms with Gasteiger partial charge >= 0.3 is 0 Å². The molecule has 0 aliphatic rings. The monoisotopic (exact) mass is 644 g/mol. The highest BCUT2D eigenvalue weighted by molar-refractivity contribution is 6.29. The molecule has 2 heterocycles. The van der Waals surface area contributed by atoms with Crippen LogP contribution in [0.3, 0.4) is 0 Å².